The van der Waals surface area contributed by atoms with E-state index in [1.807, 2.05) is 6.07 Å². The fourth-order valence-electron chi connectivity index (χ4n) is 0.632. The minimum absolute atomic E-state index is 0.283. The fraction of sp³-hybridized carbons (Fsp3) is 0. The highest BCUT2D eigenvalue weighted by molar-refractivity contribution is 8.21. The van der Waals surface area contributed by atoms with E-state index in [4.69, 9.17) is 15.9 Å². The van der Waals surface area contributed by atoms with Crippen LogP contribution in [0.1, 0.15) is 5.56 Å². The summed E-state index contributed by atoms with van der Waals surface area (Å²) in [6.45, 7) is 0. The first-order valence-corrected chi connectivity index (χ1v) is 4.40. The van der Waals surface area contributed by atoms with E-state index in [1.165, 1.54) is 18.2 Å². The van der Waals surface area contributed by atoms with Crippen molar-refractivity contribution in [1.82, 2.24) is 0 Å². The number of nitriles is 1. The number of benzene rings is 1. The van der Waals surface area contributed by atoms with E-state index < -0.39 is 5.82 Å². The van der Waals surface area contributed by atoms with E-state index >= 15 is 0 Å². The molecule has 0 unspecified atom stereocenters. The zero-order valence-electron chi connectivity index (χ0n) is 5.34. The molecule has 0 fully saturated rings. The van der Waals surface area contributed by atoms with Crippen LogP contribution in [0.5, 0.6) is 0 Å². The Bertz CT molecular complexity index is 308. The number of nitrogens with zero attached hydrogens (tertiary/aromatic N) is 1. The molecule has 0 atom stereocenters. The second kappa shape index (κ2) is 3.61. The third-order valence-corrected chi connectivity index (χ3v) is 2.12. The molecule has 0 radical (unpaired) electrons. The summed E-state index contributed by atoms with van der Waals surface area (Å²) in [6.07, 6.45) is 0. The summed E-state index contributed by atoms with van der Waals surface area (Å²) in [5.41, 5.74) is 0.412. The van der Waals surface area contributed by atoms with Crippen molar-refractivity contribution in [3.05, 3.63) is 29.6 Å². The summed E-state index contributed by atoms with van der Waals surface area (Å²) in [5.74, 6) is -0.399. The van der Waals surface area contributed by atoms with Gasteiger partial charge in [-0.1, -0.05) is 0 Å². The molecule has 1 rings (SSSR count). The Morgan fingerprint density at radius 3 is 2.82 bits per heavy atom. The molecule has 0 aliphatic carbocycles. The van der Waals surface area contributed by atoms with Crippen molar-refractivity contribution in [3.8, 4) is 6.07 Å². The van der Waals surface area contributed by atoms with Crippen molar-refractivity contribution in [2.45, 2.75) is 4.90 Å². The van der Waals surface area contributed by atoms with Gasteiger partial charge >= 0.3 is 0 Å². The maximum absolute atomic E-state index is 12.7. The van der Waals surface area contributed by atoms with E-state index in [2.05, 4.69) is 0 Å². The van der Waals surface area contributed by atoms with Crippen LogP contribution in [0, 0.1) is 17.1 Å². The summed E-state index contributed by atoms with van der Waals surface area (Å²) in [5, 5.41) is 8.42. The Kier molecular flexibility index (Phi) is 2.75. The van der Waals surface area contributed by atoms with E-state index in [0.29, 0.717) is 5.56 Å². The minimum atomic E-state index is -0.399. The average molecular weight is 188 g/mol. The molecule has 56 valence electrons. The number of hydrogen-bond acceptors (Lipinski definition) is 2. The molecule has 1 nitrogen and oxygen atoms in total. The maximum atomic E-state index is 12.7. The van der Waals surface area contributed by atoms with Crippen molar-refractivity contribution in [2.24, 2.45) is 0 Å². The second-order valence-corrected chi connectivity index (χ2v) is 2.89. The summed E-state index contributed by atoms with van der Waals surface area (Å²) in [7, 11) is 6.10. The molecule has 11 heavy (non-hydrogen) atoms. The summed E-state index contributed by atoms with van der Waals surface area (Å²) in [4.78, 5) is 0.283. The third kappa shape index (κ3) is 1.86. The van der Waals surface area contributed by atoms with Gasteiger partial charge in [-0.3, -0.25) is 0 Å². The maximum Gasteiger partial charge on any atom is 0.138 e. The molecule has 0 N–H and O–H groups in total. The SMILES string of the molecule is N#Cc1ccc(F)c(SCl)c1. The van der Waals surface area contributed by atoms with Crippen LogP contribution in [-0.4, -0.2) is 0 Å². The van der Waals surface area contributed by atoms with Crippen molar-refractivity contribution < 1.29 is 4.39 Å². The van der Waals surface area contributed by atoms with E-state index in [0.717, 1.165) is 11.0 Å². The standard InChI is InChI=1S/C7H3ClFNS/c8-11-7-3-5(4-10)1-2-6(7)9/h1-3H. The quantitative estimate of drug-likeness (QED) is 0.675. The molecule has 4 heteroatoms. The van der Waals surface area contributed by atoms with Crippen LogP contribution >= 0.6 is 21.7 Å². The van der Waals surface area contributed by atoms with Gasteiger partial charge in [-0.25, -0.2) is 4.39 Å². The molecule has 0 heterocycles. The van der Waals surface area contributed by atoms with Gasteiger partial charge in [0.05, 0.1) is 16.5 Å². The Labute approximate surface area is 72.3 Å². The van der Waals surface area contributed by atoms with Crippen LogP contribution in [0.15, 0.2) is 23.1 Å². The smallest absolute Gasteiger partial charge is 0.138 e. The summed E-state index contributed by atoms with van der Waals surface area (Å²) < 4.78 is 12.7. The van der Waals surface area contributed by atoms with Gasteiger partial charge < -0.3 is 0 Å². The molecule has 0 aliphatic heterocycles. The zero-order chi connectivity index (χ0) is 8.27. The Morgan fingerprint density at radius 1 is 1.55 bits per heavy atom. The van der Waals surface area contributed by atoms with Crippen molar-refractivity contribution >= 4 is 21.7 Å². The van der Waals surface area contributed by atoms with Crippen LogP contribution < -0.4 is 0 Å². The topological polar surface area (TPSA) is 23.8 Å². The first-order chi connectivity index (χ1) is 5.27. The first-order valence-electron chi connectivity index (χ1n) is 2.76. The summed E-state index contributed by atoms with van der Waals surface area (Å²) in [6, 6.07) is 5.93. The summed E-state index contributed by atoms with van der Waals surface area (Å²) >= 11 is 0. The van der Waals surface area contributed by atoms with Gasteiger partial charge in [0.2, 0.25) is 0 Å². The Hall–Kier alpha value is -0.720. The van der Waals surface area contributed by atoms with Gasteiger partial charge in [-0.15, -0.1) is 0 Å². The number of halogens is 2. The second-order valence-electron chi connectivity index (χ2n) is 1.83. The molecule has 1 aromatic rings. The first kappa shape index (κ1) is 8.38. The fourth-order valence-corrected chi connectivity index (χ4v) is 1.30. The monoisotopic (exact) mass is 187 g/mol. The van der Waals surface area contributed by atoms with Crippen molar-refractivity contribution in [3.63, 3.8) is 0 Å². The Balaban J connectivity index is 3.15. The van der Waals surface area contributed by atoms with E-state index in [9.17, 15) is 4.39 Å². The average Bonchev–Trinajstić information content (AvgIpc) is 2.05. The molecule has 0 bridgehead atoms. The predicted molar refractivity (Wildman–Crippen MR) is 42.8 cm³/mol. The lowest BCUT2D eigenvalue weighted by Crippen LogP contribution is -1.80. The molecule has 0 saturated carbocycles. The van der Waals surface area contributed by atoms with Crippen molar-refractivity contribution in [1.29, 1.82) is 5.26 Å². The highest BCUT2D eigenvalue weighted by atomic mass is 35.7. The molecule has 0 aliphatic rings. The largest absolute Gasteiger partial charge is 0.206 e. The van der Waals surface area contributed by atoms with E-state index in [-0.39, 0.29) is 4.90 Å². The zero-order valence-corrected chi connectivity index (χ0v) is 6.92. The van der Waals surface area contributed by atoms with Gasteiger partial charge in [0.15, 0.2) is 0 Å². The molecular formula is C7H3ClFNS. The van der Waals surface area contributed by atoms with Crippen LogP contribution in [0.25, 0.3) is 0 Å². The minimum Gasteiger partial charge on any atom is -0.206 e. The highest BCUT2D eigenvalue weighted by Crippen LogP contribution is 2.25. The van der Waals surface area contributed by atoms with Crippen LogP contribution in [0.4, 0.5) is 4.39 Å². The lowest BCUT2D eigenvalue weighted by Gasteiger charge is -1.95. The van der Waals surface area contributed by atoms with Crippen LogP contribution in [-0.2, 0) is 0 Å². The molecule has 1 aromatic carbocycles. The lowest BCUT2D eigenvalue weighted by atomic mass is 10.2. The Morgan fingerprint density at radius 2 is 2.27 bits per heavy atom. The van der Waals surface area contributed by atoms with Crippen LogP contribution in [0.2, 0.25) is 0 Å². The molecular weight excluding hydrogens is 185 g/mol. The molecule has 0 spiro atoms. The van der Waals surface area contributed by atoms with Crippen LogP contribution in [0.3, 0.4) is 0 Å². The van der Waals surface area contributed by atoms with Crippen molar-refractivity contribution in [2.75, 3.05) is 0 Å². The molecule has 0 saturated heterocycles. The number of hydrogen-bond donors (Lipinski definition) is 0. The van der Waals surface area contributed by atoms with Gasteiger partial charge in [0.25, 0.3) is 0 Å². The van der Waals surface area contributed by atoms with Gasteiger partial charge in [0.1, 0.15) is 5.82 Å². The molecule has 0 aromatic heterocycles. The van der Waals surface area contributed by atoms with E-state index in [1.54, 1.807) is 0 Å². The van der Waals surface area contributed by atoms with Gasteiger partial charge in [-0.05, 0) is 39.9 Å². The van der Waals surface area contributed by atoms with Gasteiger partial charge in [0, 0.05) is 0 Å². The normalized spacial score (nSPS) is 9.18. The molecule has 0 amide bonds. The predicted octanol–water partition coefficient (Wildman–Crippen LogP) is 2.94. The van der Waals surface area contributed by atoms with Gasteiger partial charge in [-0.2, -0.15) is 5.26 Å². The number of rotatable bonds is 1. The third-order valence-electron chi connectivity index (χ3n) is 1.14. The lowest BCUT2D eigenvalue weighted by molar-refractivity contribution is 0.602. The highest BCUT2D eigenvalue weighted by Gasteiger charge is 2.01.